The maximum absolute atomic E-state index is 14.9. The molecule has 3 rings (SSSR count). The Morgan fingerprint density at radius 2 is 2.10 bits per heavy atom. The van der Waals surface area contributed by atoms with Gasteiger partial charge in [0.05, 0.1) is 31.2 Å². The van der Waals surface area contributed by atoms with Crippen LogP contribution < -0.4 is 15.8 Å². The quantitative estimate of drug-likeness (QED) is 0.180. The SMILES string of the molecule is CCC1(O)CN(c2nc(Cl)nc(NNC(=O)[C@H](CC3CCCC3)CN(O)C=O)c2F)C1. The summed E-state index contributed by atoms with van der Waals surface area (Å²) >= 11 is 5.92. The zero-order valence-electron chi connectivity index (χ0n) is 17.4. The molecule has 0 aromatic carbocycles. The average Bonchev–Trinajstić information content (AvgIpc) is 3.24. The number of nitrogens with one attached hydrogen (secondary N) is 2. The fourth-order valence-electron chi connectivity index (χ4n) is 4.14. The first kappa shape index (κ1) is 23.4. The molecule has 12 heteroatoms. The van der Waals surface area contributed by atoms with Gasteiger partial charge in [0, 0.05) is 0 Å². The molecule has 2 aliphatic rings. The van der Waals surface area contributed by atoms with Crippen molar-refractivity contribution >= 4 is 35.6 Å². The molecule has 2 amide bonds. The van der Waals surface area contributed by atoms with Crippen molar-refractivity contribution < 1.29 is 24.3 Å². The van der Waals surface area contributed by atoms with Crippen LogP contribution >= 0.6 is 11.6 Å². The van der Waals surface area contributed by atoms with Crippen molar-refractivity contribution in [1.82, 2.24) is 20.5 Å². The Morgan fingerprint density at radius 3 is 2.71 bits per heavy atom. The van der Waals surface area contributed by atoms with Gasteiger partial charge in [-0.05, 0) is 30.4 Å². The lowest BCUT2D eigenvalue weighted by atomic mass is 9.91. The first-order chi connectivity index (χ1) is 14.7. The van der Waals surface area contributed by atoms with Crippen molar-refractivity contribution in [1.29, 1.82) is 0 Å². The van der Waals surface area contributed by atoms with Crippen molar-refractivity contribution in [2.75, 3.05) is 30.0 Å². The number of nitrogens with zero attached hydrogens (tertiary/aromatic N) is 4. The molecule has 0 bridgehead atoms. The van der Waals surface area contributed by atoms with Crippen LogP contribution in [-0.4, -0.2) is 62.9 Å². The number of hydrogen-bond donors (Lipinski definition) is 4. The van der Waals surface area contributed by atoms with Crippen molar-refractivity contribution in [3.63, 3.8) is 0 Å². The molecule has 2 heterocycles. The predicted octanol–water partition coefficient (Wildman–Crippen LogP) is 1.72. The second-order valence-corrected chi connectivity index (χ2v) is 8.68. The molecule has 4 N–H and O–H groups in total. The van der Waals surface area contributed by atoms with Crippen LogP contribution in [0.2, 0.25) is 5.28 Å². The summed E-state index contributed by atoms with van der Waals surface area (Å²) in [5.74, 6) is -2.05. The van der Waals surface area contributed by atoms with E-state index >= 15 is 0 Å². The molecular weight excluding hydrogens is 431 g/mol. The van der Waals surface area contributed by atoms with E-state index < -0.39 is 23.2 Å². The number of carbonyl (C=O) groups excluding carboxylic acids is 2. The second kappa shape index (κ2) is 9.92. The molecule has 1 aromatic heterocycles. The maximum Gasteiger partial charge on any atom is 0.243 e. The van der Waals surface area contributed by atoms with Crippen molar-refractivity contribution in [3.05, 3.63) is 11.1 Å². The van der Waals surface area contributed by atoms with Crippen LogP contribution in [0.1, 0.15) is 45.4 Å². The third-order valence-electron chi connectivity index (χ3n) is 6.03. The van der Waals surface area contributed by atoms with Crippen molar-refractivity contribution in [2.45, 2.75) is 51.0 Å². The largest absolute Gasteiger partial charge is 0.386 e. The van der Waals surface area contributed by atoms with E-state index in [-0.39, 0.29) is 43.0 Å². The van der Waals surface area contributed by atoms with E-state index in [2.05, 4.69) is 20.8 Å². The Hall–Kier alpha value is -2.24. The van der Waals surface area contributed by atoms with Gasteiger partial charge in [-0.15, -0.1) is 0 Å². The van der Waals surface area contributed by atoms with Gasteiger partial charge in [0.25, 0.3) is 0 Å². The number of hydrogen-bond acceptors (Lipinski definition) is 8. The molecule has 0 unspecified atom stereocenters. The minimum atomic E-state index is -0.895. The highest BCUT2D eigenvalue weighted by Crippen LogP contribution is 2.33. The molecule has 1 aliphatic heterocycles. The Balaban J connectivity index is 1.66. The minimum absolute atomic E-state index is 0.0696. The minimum Gasteiger partial charge on any atom is -0.386 e. The molecular formula is C19H28ClFN6O4. The van der Waals surface area contributed by atoms with E-state index in [0.29, 0.717) is 23.8 Å². The van der Waals surface area contributed by atoms with E-state index in [1.54, 1.807) is 0 Å². The van der Waals surface area contributed by atoms with Crippen molar-refractivity contribution in [3.8, 4) is 0 Å². The van der Waals surface area contributed by atoms with Gasteiger partial charge in [-0.25, -0.2) is 5.06 Å². The van der Waals surface area contributed by atoms with Crippen LogP contribution in [0.4, 0.5) is 16.0 Å². The zero-order valence-corrected chi connectivity index (χ0v) is 18.1. The normalized spacial score (nSPS) is 18.9. The number of anilines is 2. The number of aliphatic hydroxyl groups is 1. The fraction of sp³-hybridized carbons (Fsp3) is 0.684. The van der Waals surface area contributed by atoms with Gasteiger partial charge in [-0.3, -0.25) is 25.6 Å². The molecule has 0 radical (unpaired) electrons. The van der Waals surface area contributed by atoms with Crippen LogP contribution in [0.3, 0.4) is 0 Å². The number of aromatic nitrogens is 2. The zero-order chi connectivity index (χ0) is 22.6. The van der Waals surface area contributed by atoms with Gasteiger partial charge in [-0.1, -0.05) is 32.6 Å². The van der Waals surface area contributed by atoms with Gasteiger partial charge in [0.1, 0.15) is 0 Å². The molecule has 1 aliphatic carbocycles. The molecule has 0 spiro atoms. The summed E-state index contributed by atoms with van der Waals surface area (Å²) in [6, 6.07) is 0. The number of carbonyl (C=O) groups is 2. The Kier molecular flexibility index (Phi) is 7.50. The number of hydrazine groups is 1. The summed E-state index contributed by atoms with van der Waals surface area (Å²) in [7, 11) is 0. The summed E-state index contributed by atoms with van der Waals surface area (Å²) in [4.78, 5) is 32.7. The van der Waals surface area contributed by atoms with Gasteiger partial charge >= 0.3 is 0 Å². The Bertz CT molecular complexity index is 804. The lowest BCUT2D eigenvalue weighted by Gasteiger charge is -2.46. The molecule has 31 heavy (non-hydrogen) atoms. The Labute approximate surface area is 184 Å². The second-order valence-electron chi connectivity index (χ2n) is 8.34. The van der Waals surface area contributed by atoms with Crippen molar-refractivity contribution in [2.24, 2.45) is 11.8 Å². The summed E-state index contributed by atoms with van der Waals surface area (Å²) in [5, 5.41) is 19.9. The maximum atomic E-state index is 14.9. The van der Waals surface area contributed by atoms with Crippen LogP contribution in [0.25, 0.3) is 0 Å². The van der Waals surface area contributed by atoms with Crippen LogP contribution in [0.5, 0.6) is 0 Å². The van der Waals surface area contributed by atoms with E-state index in [4.69, 9.17) is 11.6 Å². The Morgan fingerprint density at radius 1 is 1.42 bits per heavy atom. The number of β-amino-alcohol motifs (C(OH)–C–C–N with tert-alkyl or cyclic N) is 1. The fourth-order valence-corrected chi connectivity index (χ4v) is 4.31. The molecule has 1 saturated carbocycles. The van der Waals surface area contributed by atoms with E-state index in [0.717, 1.165) is 25.7 Å². The lowest BCUT2D eigenvalue weighted by molar-refractivity contribution is -0.154. The highest BCUT2D eigenvalue weighted by molar-refractivity contribution is 6.28. The first-order valence-electron chi connectivity index (χ1n) is 10.4. The third-order valence-corrected chi connectivity index (χ3v) is 6.20. The average molecular weight is 459 g/mol. The molecule has 2 fully saturated rings. The number of halogens is 2. The molecule has 10 nitrogen and oxygen atoms in total. The third kappa shape index (κ3) is 5.72. The summed E-state index contributed by atoms with van der Waals surface area (Å²) < 4.78 is 14.9. The van der Waals surface area contributed by atoms with Gasteiger partial charge < -0.3 is 10.0 Å². The number of amides is 2. The van der Waals surface area contributed by atoms with E-state index in [1.165, 1.54) is 4.90 Å². The molecule has 1 aromatic rings. The number of rotatable bonds is 10. The lowest BCUT2D eigenvalue weighted by Crippen LogP contribution is -2.62. The standard InChI is InChI=1S/C19H28ClFN6O4/c1-2-19(30)9-26(10-19)16-14(21)15(22-18(20)23-16)24-25-17(29)13(8-27(31)11-28)7-12-5-3-4-6-12/h11-13,30-31H,2-10H2,1H3,(H,25,29)(H,22,23,24)/t13-/m1/s1. The van der Waals surface area contributed by atoms with Gasteiger partial charge in [-0.2, -0.15) is 14.4 Å². The molecule has 1 atom stereocenters. The highest BCUT2D eigenvalue weighted by Gasteiger charge is 2.42. The monoisotopic (exact) mass is 458 g/mol. The summed E-state index contributed by atoms with van der Waals surface area (Å²) in [6.07, 6.45) is 5.42. The highest BCUT2D eigenvalue weighted by atomic mass is 35.5. The van der Waals surface area contributed by atoms with Crippen LogP contribution in [0.15, 0.2) is 0 Å². The summed E-state index contributed by atoms with van der Waals surface area (Å²) in [6.45, 7) is 2.08. The van der Waals surface area contributed by atoms with Gasteiger partial charge in [0.2, 0.25) is 23.4 Å². The van der Waals surface area contributed by atoms with E-state index in [9.17, 15) is 24.3 Å². The molecule has 1 saturated heterocycles. The topological polar surface area (TPSA) is 131 Å². The first-order valence-corrected chi connectivity index (χ1v) is 10.8. The van der Waals surface area contributed by atoms with E-state index in [1.807, 2.05) is 6.92 Å². The number of hydroxylamine groups is 2. The smallest absolute Gasteiger partial charge is 0.243 e. The van der Waals surface area contributed by atoms with Gasteiger partial charge in [0.15, 0.2) is 11.6 Å². The summed E-state index contributed by atoms with van der Waals surface area (Å²) in [5.41, 5.74) is 3.95. The van der Waals surface area contributed by atoms with Crippen LogP contribution in [-0.2, 0) is 9.59 Å². The predicted molar refractivity (Wildman–Crippen MR) is 111 cm³/mol. The van der Waals surface area contributed by atoms with Crippen LogP contribution in [0, 0.1) is 17.7 Å². The molecule has 172 valence electrons.